The van der Waals surface area contributed by atoms with E-state index in [0.717, 1.165) is 12.1 Å². The molecule has 0 aromatic carbocycles. The summed E-state index contributed by atoms with van der Waals surface area (Å²) in [5, 5.41) is 5.56. The first-order valence-electron chi connectivity index (χ1n) is 5.86. The predicted molar refractivity (Wildman–Crippen MR) is 75.5 cm³/mol. The molecule has 0 bridgehead atoms. The summed E-state index contributed by atoms with van der Waals surface area (Å²) < 4.78 is 1.26. The average Bonchev–Trinajstić information content (AvgIpc) is 2.75. The average molecular weight is 246 g/mol. The van der Waals surface area contributed by atoms with Crippen LogP contribution in [0, 0.1) is 0 Å². The normalized spacial score (nSPS) is 12.6. The van der Waals surface area contributed by atoms with Crippen LogP contribution in [0.3, 0.4) is 0 Å². The first-order chi connectivity index (χ1) is 8.16. The minimum Gasteiger partial charge on any atom is -0.307 e. The quantitative estimate of drug-likeness (QED) is 0.827. The molecule has 0 saturated heterocycles. The molecule has 2 aromatic heterocycles. The highest BCUT2D eigenvalue weighted by Crippen LogP contribution is 2.22. The summed E-state index contributed by atoms with van der Waals surface area (Å²) in [6.45, 7) is 7.32. The predicted octanol–water partition coefficient (Wildman–Crippen LogP) is 3.91. The van der Waals surface area contributed by atoms with E-state index in [4.69, 9.17) is 0 Å². The van der Waals surface area contributed by atoms with E-state index in [1.807, 2.05) is 6.20 Å². The molecule has 0 saturated carbocycles. The zero-order valence-corrected chi connectivity index (χ0v) is 11.3. The largest absolute Gasteiger partial charge is 0.307 e. The minimum absolute atomic E-state index is 0.338. The lowest BCUT2D eigenvalue weighted by Gasteiger charge is -2.12. The number of thiophene rings is 1. The molecule has 0 amide bonds. The van der Waals surface area contributed by atoms with Crippen LogP contribution in [0.25, 0.3) is 10.2 Å². The SMILES string of the molecule is CC(C)=CCNC(C)c1cnc2ccsc2c1. The molecule has 0 spiro atoms. The first-order valence-corrected chi connectivity index (χ1v) is 6.74. The maximum atomic E-state index is 4.46. The van der Waals surface area contributed by atoms with Crippen molar-refractivity contribution >= 4 is 21.6 Å². The fourth-order valence-corrected chi connectivity index (χ4v) is 2.45. The van der Waals surface area contributed by atoms with Gasteiger partial charge in [-0.05, 0) is 43.8 Å². The molecule has 2 nitrogen and oxygen atoms in total. The van der Waals surface area contributed by atoms with E-state index in [0.29, 0.717) is 6.04 Å². The number of nitrogens with one attached hydrogen (secondary N) is 1. The van der Waals surface area contributed by atoms with Crippen molar-refractivity contribution in [1.29, 1.82) is 0 Å². The summed E-state index contributed by atoms with van der Waals surface area (Å²) in [4.78, 5) is 4.46. The lowest BCUT2D eigenvalue weighted by molar-refractivity contribution is 0.615. The van der Waals surface area contributed by atoms with Crippen molar-refractivity contribution < 1.29 is 0 Å². The molecule has 1 atom stereocenters. The number of aromatic nitrogens is 1. The first kappa shape index (κ1) is 12.3. The Morgan fingerprint density at radius 3 is 3.12 bits per heavy atom. The van der Waals surface area contributed by atoms with Gasteiger partial charge in [-0.25, -0.2) is 0 Å². The minimum atomic E-state index is 0.338. The van der Waals surface area contributed by atoms with E-state index in [2.05, 4.69) is 54.7 Å². The molecule has 0 aliphatic heterocycles. The Hall–Kier alpha value is -1.19. The monoisotopic (exact) mass is 246 g/mol. The van der Waals surface area contributed by atoms with Gasteiger partial charge in [0.2, 0.25) is 0 Å². The lowest BCUT2D eigenvalue weighted by atomic mass is 10.1. The number of pyridine rings is 1. The number of rotatable bonds is 4. The van der Waals surface area contributed by atoms with Gasteiger partial charge in [-0.15, -0.1) is 11.3 Å². The Kier molecular flexibility index (Phi) is 3.92. The van der Waals surface area contributed by atoms with Gasteiger partial charge in [-0.1, -0.05) is 11.6 Å². The Bertz CT molecular complexity index is 524. The number of fused-ring (bicyclic) bond motifs is 1. The molecular weight excluding hydrogens is 228 g/mol. The summed E-state index contributed by atoms with van der Waals surface area (Å²) in [7, 11) is 0. The van der Waals surface area contributed by atoms with Crippen LogP contribution in [0.1, 0.15) is 32.4 Å². The fraction of sp³-hybridized carbons (Fsp3) is 0.357. The molecule has 2 rings (SSSR count). The summed E-state index contributed by atoms with van der Waals surface area (Å²) in [6, 6.07) is 4.63. The van der Waals surface area contributed by atoms with E-state index >= 15 is 0 Å². The van der Waals surface area contributed by atoms with Crippen LogP contribution < -0.4 is 5.32 Å². The number of hydrogen-bond donors (Lipinski definition) is 1. The Morgan fingerprint density at radius 2 is 2.35 bits per heavy atom. The van der Waals surface area contributed by atoms with Crippen LogP contribution in [-0.4, -0.2) is 11.5 Å². The van der Waals surface area contributed by atoms with Crippen LogP contribution in [0.2, 0.25) is 0 Å². The van der Waals surface area contributed by atoms with E-state index in [1.54, 1.807) is 11.3 Å². The van der Waals surface area contributed by atoms with Crippen molar-refractivity contribution in [2.75, 3.05) is 6.54 Å². The lowest BCUT2D eigenvalue weighted by Crippen LogP contribution is -2.18. The van der Waals surface area contributed by atoms with Gasteiger partial charge in [-0.2, -0.15) is 0 Å². The van der Waals surface area contributed by atoms with E-state index in [9.17, 15) is 0 Å². The maximum absolute atomic E-state index is 4.46. The van der Waals surface area contributed by atoms with Gasteiger partial charge in [0.1, 0.15) is 0 Å². The van der Waals surface area contributed by atoms with Crippen LogP contribution >= 0.6 is 11.3 Å². The van der Waals surface area contributed by atoms with Gasteiger partial charge in [0.05, 0.1) is 10.2 Å². The highest BCUT2D eigenvalue weighted by Gasteiger charge is 2.06. The zero-order valence-electron chi connectivity index (χ0n) is 10.5. The van der Waals surface area contributed by atoms with Crippen LogP contribution in [0.4, 0.5) is 0 Å². The van der Waals surface area contributed by atoms with Crippen molar-refractivity contribution in [2.45, 2.75) is 26.8 Å². The van der Waals surface area contributed by atoms with Gasteiger partial charge >= 0.3 is 0 Å². The summed E-state index contributed by atoms with van der Waals surface area (Å²) in [5.74, 6) is 0. The van der Waals surface area contributed by atoms with E-state index in [-0.39, 0.29) is 0 Å². The van der Waals surface area contributed by atoms with Gasteiger partial charge in [-0.3, -0.25) is 4.98 Å². The topological polar surface area (TPSA) is 24.9 Å². The third kappa shape index (κ3) is 3.14. The standard InChI is InChI=1S/C14H18N2S/c1-10(2)4-6-15-11(3)12-8-14-13(16-9-12)5-7-17-14/h4-5,7-9,11,15H,6H2,1-3H3. The molecule has 2 heterocycles. The molecule has 1 unspecified atom stereocenters. The molecule has 3 heteroatoms. The van der Waals surface area contributed by atoms with Gasteiger partial charge in [0.25, 0.3) is 0 Å². The molecule has 0 aliphatic carbocycles. The summed E-state index contributed by atoms with van der Waals surface area (Å²) in [5.41, 5.74) is 3.69. The van der Waals surface area contributed by atoms with Crippen LogP contribution in [-0.2, 0) is 0 Å². The van der Waals surface area contributed by atoms with Gasteiger partial charge < -0.3 is 5.32 Å². The summed E-state index contributed by atoms with van der Waals surface area (Å²) in [6.07, 6.45) is 4.17. The van der Waals surface area contributed by atoms with Crippen molar-refractivity contribution in [3.05, 3.63) is 40.9 Å². The fourth-order valence-electron chi connectivity index (χ4n) is 1.66. The molecule has 0 radical (unpaired) electrons. The van der Waals surface area contributed by atoms with Crippen molar-refractivity contribution in [3.63, 3.8) is 0 Å². The van der Waals surface area contributed by atoms with Crippen molar-refractivity contribution in [3.8, 4) is 0 Å². The second-order valence-electron chi connectivity index (χ2n) is 4.48. The van der Waals surface area contributed by atoms with E-state index in [1.165, 1.54) is 15.8 Å². The second kappa shape index (κ2) is 5.43. The summed E-state index contributed by atoms with van der Waals surface area (Å²) >= 11 is 1.75. The molecule has 0 aliphatic rings. The van der Waals surface area contributed by atoms with E-state index < -0.39 is 0 Å². The second-order valence-corrected chi connectivity index (χ2v) is 5.43. The third-order valence-electron chi connectivity index (χ3n) is 2.76. The Balaban J connectivity index is 2.07. The number of allylic oxidation sites excluding steroid dienone is 1. The Labute approximate surface area is 106 Å². The number of hydrogen-bond acceptors (Lipinski definition) is 3. The smallest absolute Gasteiger partial charge is 0.0809 e. The molecule has 90 valence electrons. The molecule has 1 N–H and O–H groups in total. The molecule has 2 aromatic rings. The molecule has 0 fully saturated rings. The van der Waals surface area contributed by atoms with Crippen LogP contribution in [0.5, 0.6) is 0 Å². The molecule has 17 heavy (non-hydrogen) atoms. The molecular formula is C14H18N2S. The third-order valence-corrected chi connectivity index (χ3v) is 3.61. The number of nitrogens with zero attached hydrogens (tertiary/aromatic N) is 1. The van der Waals surface area contributed by atoms with Crippen molar-refractivity contribution in [2.24, 2.45) is 0 Å². The zero-order chi connectivity index (χ0) is 12.3. The van der Waals surface area contributed by atoms with Gasteiger partial charge in [0, 0.05) is 18.8 Å². The highest BCUT2D eigenvalue weighted by molar-refractivity contribution is 7.17. The Morgan fingerprint density at radius 1 is 1.53 bits per heavy atom. The van der Waals surface area contributed by atoms with Crippen LogP contribution in [0.15, 0.2) is 35.4 Å². The van der Waals surface area contributed by atoms with Crippen molar-refractivity contribution in [1.82, 2.24) is 10.3 Å². The van der Waals surface area contributed by atoms with Gasteiger partial charge in [0.15, 0.2) is 0 Å². The maximum Gasteiger partial charge on any atom is 0.0809 e. The highest BCUT2D eigenvalue weighted by atomic mass is 32.1.